The summed E-state index contributed by atoms with van der Waals surface area (Å²) in [6, 6.07) is 0. The molecule has 8 atom stereocenters. The fourth-order valence-electron chi connectivity index (χ4n) is 8.96. The van der Waals surface area contributed by atoms with E-state index >= 15 is 0 Å². The third-order valence-corrected chi connectivity index (χ3v) is 10.4. The van der Waals surface area contributed by atoms with Crippen molar-refractivity contribution < 1.29 is 23.8 Å². The van der Waals surface area contributed by atoms with Crippen LogP contribution >= 0.6 is 0 Å². The van der Waals surface area contributed by atoms with E-state index in [-0.39, 0.29) is 29.1 Å². The molecular formula is C27H40O5. The molecule has 0 bridgehead atoms. The van der Waals surface area contributed by atoms with Crippen molar-refractivity contribution in [2.24, 2.45) is 34.5 Å². The Labute approximate surface area is 192 Å². The average molecular weight is 445 g/mol. The summed E-state index contributed by atoms with van der Waals surface area (Å²) in [7, 11) is 0. The molecule has 5 aliphatic rings. The van der Waals surface area contributed by atoms with Crippen LogP contribution in [0.3, 0.4) is 0 Å². The molecule has 0 saturated heterocycles. The molecule has 0 N–H and O–H groups in total. The van der Waals surface area contributed by atoms with E-state index in [1.165, 1.54) is 25.7 Å². The van der Waals surface area contributed by atoms with Gasteiger partial charge in [0.1, 0.15) is 17.5 Å². The highest BCUT2D eigenvalue weighted by Crippen LogP contribution is 2.67. The minimum absolute atomic E-state index is 0.0940. The lowest BCUT2D eigenvalue weighted by Gasteiger charge is -2.62. The van der Waals surface area contributed by atoms with Gasteiger partial charge in [0, 0.05) is 18.8 Å². The zero-order valence-corrected chi connectivity index (χ0v) is 20.3. The van der Waals surface area contributed by atoms with Crippen LogP contribution in [0.2, 0.25) is 0 Å². The summed E-state index contributed by atoms with van der Waals surface area (Å²) in [5.41, 5.74) is 0.0840. The predicted octanol–water partition coefficient (Wildman–Crippen LogP) is 5.57. The van der Waals surface area contributed by atoms with Crippen molar-refractivity contribution in [3.8, 4) is 0 Å². The number of rotatable bonds is 3. The average Bonchev–Trinajstić information content (AvgIpc) is 3.04. The molecule has 178 valence electrons. The summed E-state index contributed by atoms with van der Waals surface area (Å²) >= 11 is 0. The first-order chi connectivity index (χ1) is 15.2. The SMILES string of the molecule is CCOC1=CC(=O)O[C@]2(CC[C@@]3(C)[C@H](CC[C@@H]4[C@@H]3CC[C@]3(C)[C@@H](OC(C)=O)CC[C@@H]43)C2)C1. The maximum Gasteiger partial charge on any atom is 0.334 e. The Morgan fingerprint density at radius 2 is 1.84 bits per heavy atom. The quantitative estimate of drug-likeness (QED) is 0.533. The molecule has 5 heteroatoms. The summed E-state index contributed by atoms with van der Waals surface area (Å²) in [4.78, 5) is 24.0. The van der Waals surface area contributed by atoms with Gasteiger partial charge in [-0.3, -0.25) is 4.79 Å². The zero-order chi connectivity index (χ0) is 22.7. The maximum atomic E-state index is 12.3. The first-order valence-corrected chi connectivity index (χ1v) is 12.9. The van der Waals surface area contributed by atoms with Crippen molar-refractivity contribution in [3.05, 3.63) is 11.8 Å². The van der Waals surface area contributed by atoms with Gasteiger partial charge < -0.3 is 14.2 Å². The number of hydrogen-bond acceptors (Lipinski definition) is 5. The van der Waals surface area contributed by atoms with Gasteiger partial charge >= 0.3 is 11.9 Å². The van der Waals surface area contributed by atoms with Crippen LogP contribution < -0.4 is 0 Å². The van der Waals surface area contributed by atoms with Crippen molar-refractivity contribution >= 4 is 11.9 Å². The fraction of sp³-hybridized carbons (Fsp3) is 0.852. The van der Waals surface area contributed by atoms with Gasteiger partial charge in [0.15, 0.2) is 0 Å². The van der Waals surface area contributed by atoms with Crippen LogP contribution in [0.15, 0.2) is 11.8 Å². The van der Waals surface area contributed by atoms with E-state index < -0.39 is 0 Å². The molecule has 5 nitrogen and oxygen atoms in total. The van der Waals surface area contributed by atoms with Gasteiger partial charge in [0.2, 0.25) is 0 Å². The van der Waals surface area contributed by atoms with Crippen LogP contribution in [0.1, 0.15) is 91.9 Å². The third kappa shape index (κ3) is 3.40. The summed E-state index contributed by atoms with van der Waals surface area (Å²) in [5.74, 6) is 3.17. The lowest BCUT2D eigenvalue weighted by Crippen LogP contribution is -2.57. The minimum Gasteiger partial charge on any atom is -0.498 e. The van der Waals surface area contributed by atoms with Crippen molar-refractivity contribution in [2.45, 2.75) is 104 Å². The molecule has 0 aromatic carbocycles. The minimum atomic E-state index is -0.371. The molecule has 4 fully saturated rings. The smallest absolute Gasteiger partial charge is 0.334 e. The summed E-state index contributed by atoms with van der Waals surface area (Å²) in [6.45, 7) is 9.04. The molecule has 0 aromatic heterocycles. The van der Waals surface area contributed by atoms with Crippen LogP contribution in [0.4, 0.5) is 0 Å². The Morgan fingerprint density at radius 1 is 1.06 bits per heavy atom. The second-order valence-electron chi connectivity index (χ2n) is 11.9. The van der Waals surface area contributed by atoms with Gasteiger partial charge in [0.05, 0.1) is 12.7 Å². The van der Waals surface area contributed by atoms with Gasteiger partial charge in [-0.2, -0.15) is 0 Å². The molecule has 0 radical (unpaired) electrons. The Balaban J connectivity index is 1.34. The van der Waals surface area contributed by atoms with Crippen LogP contribution in [0, 0.1) is 34.5 Å². The van der Waals surface area contributed by atoms with Gasteiger partial charge in [0.25, 0.3) is 0 Å². The van der Waals surface area contributed by atoms with E-state index in [9.17, 15) is 9.59 Å². The van der Waals surface area contributed by atoms with E-state index in [0.29, 0.717) is 23.9 Å². The molecular weight excluding hydrogens is 404 g/mol. The highest BCUT2D eigenvalue weighted by atomic mass is 16.6. The van der Waals surface area contributed by atoms with Gasteiger partial charge in [-0.25, -0.2) is 4.79 Å². The number of ether oxygens (including phenoxy) is 3. The van der Waals surface area contributed by atoms with E-state index in [4.69, 9.17) is 14.2 Å². The largest absolute Gasteiger partial charge is 0.498 e. The third-order valence-electron chi connectivity index (χ3n) is 10.4. The number of hydrogen-bond donors (Lipinski definition) is 0. The fourth-order valence-corrected chi connectivity index (χ4v) is 8.96. The molecule has 0 amide bonds. The Kier molecular flexibility index (Phi) is 5.41. The van der Waals surface area contributed by atoms with Crippen molar-refractivity contribution in [1.29, 1.82) is 0 Å². The highest BCUT2D eigenvalue weighted by molar-refractivity contribution is 5.83. The Morgan fingerprint density at radius 3 is 2.59 bits per heavy atom. The van der Waals surface area contributed by atoms with Gasteiger partial charge in [-0.15, -0.1) is 0 Å². The highest BCUT2D eigenvalue weighted by Gasteiger charge is 2.62. The number of carbonyl (C=O) groups is 2. The summed E-state index contributed by atoms with van der Waals surface area (Å²) < 4.78 is 17.6. The van der Waals surface area contributed by atoms with Crippen molar-refractivity contribution in [3.63, 3.8) is 0 Å². The molecule has 1 heterocycles. The number of fused-ring (bicyclic) bond motifs is 5. The van der Waals surface area contributed by atoms with E-state index in [0.717, 1.165) is 56.1 Å². The van der Waals surface area contributed by atoms with Crippen LogP contribution in [0.25, 0.3) is 0 Å². The number of esters is 2. The van der Waals surface area contributed by atoms with Crippen LogP contribution in [-0.2, 0) is 23.8 Å². The van der Waals surface area contributed by atoms with E-state index in [1.807, 2.05) is 6.92 Å². The Hall–Kier alpha value is -1.52. The zero-order valence-electron chi connectivity index (χ0n) is 20.3. The summed E-state index contributed by atoms with van der Waals surface area (Å²) in [6.07, 6.45) is 12.5. The summed E-state index contributed by atoms with van der Waals surface area (Å²) in [5, 5.41) is 0. The number of carbonyl (C=O) groups excluding carboxylic acids is 2. The normalized spacial score (nSPS) is 47.6. The molecule has 1 aliphatic heterocycles. The lowest BCUT2D eigenvalue weighted by atomic mass is 9.44. The molecule has 0 aromatic rings. The molecule has 32 heavy (non-hydrogen) atoms. The van der Waals surface area contributed by atoms with E-state index in [2.05, 4.69) is 13.8 Å². The predicted molar refractivity (Wildman–Crippen MR) is 120 cm³/mol. The second kappa shape index (κ2) is 7.77. The van der Waals surface area contributed by atoms with Crippen LogP contribution in [0.5, 0.6) is 0 Å². The molecule has 5 rings (SSSR count). The topological polar surface area (TPSA) is 61.8 Å². The molecule has 4 saturated carbocycles. The molecule has 1 spiro atoms. The second-order valence-corrected chi connectivity index (χ2v) is 11.9. The first kappa shape index (κ1) is 22.3. The van der Waals surface area contributed by atoms with Crippen molar-refractivity contribution in [1.82, 2.24) is 0 Å². The lowest BCUT2D eigenvalue weighted by molar-refractivity contribution is -0.187. The molecule has 0 unspecified atom stereocenters. The van der Waals surface area contributed by atoms with E-state index in [1.54, 1.807) is 13.0 Å². The monoisotopic (exact) mass is 444 g/mol. The van der Waals surface area contributed by atoms with Gasteiger partial charge in [-0.05, 0) is 93.8 Å². The maximum absolute atomic E-state index is 12.3. The molecule has 4 aliphatic carbocycles. The Bertz CT molecular complexity index is 819. The van der Waals surface area contributed by atoms with Gasteiger partial charge in [-0.1, -0.05) is 13.8 Å². The van der Waals surface area contributed by atoms with Crippen LogP contribution in [-0.4, -0.2) is 30.3 Å². The first-order valence-electron chi connectivity index (χ1n) is 12.9. The van der Waals surface area contributed by atoms with Crippen molar-refractivity contribution in [2.75, 3.05) is 6.61 Å². The standard InChI is InChI=1S/C27H40O5/c1-5-30-19-14-24(29)32-27(16-19)13-12-25(3)18(15-27)6-7-20-21-8-9-23(31-17(2)28)26(21,4)11-10-22(20)25/h14,18,20-23H,5-13,15-16H2,1-4H3/t18-,20+,21+,22+,23+,25+,26+,27+/m1/s1.